The van der Waals surface area contributed by atoms with Crippen LogP contribution in [0.2, 0.25) is 0 Å². The van der Waals surface area contributed by atoms with Gasteiger partial charge in [0.15, 0.2) is 0 Å². The number of aromatic nitrogens is 2. The van der Waals surface area contributed by atoms with Crippen molar-refractivity contribution in [3.8, 4) is 11.5 Å². The molecule has 0 saturated heterocycles. The molecule has 0 amide bonds. The van der Waals surface area contributed by atoms with E-state index in [-0.39, 0.29) is 5.69 Å². The molecule has 1 aromatic heterocycles. The largest absolute Gasteiger partial charge is 0.420 e. The second-order valence-electron chi connectivity index (χ2n) is 5.34. The molecule has 6 nitrogen and oxygen atoms in total. The molecule has 0 aliphatic carbocycles. The Bertz CT molecular complexity index is 875. The molecule has 0 saturated carbocycles. The summed E-state index contributed by atoms with van der Waals surface area (Å²) in [5, 5.41) is 18.7. The van der Waals surface area contributed by atoms with E-state index in [1.54, 1.807) is 23.9 Å². The maximum atomic E-state index is 10.7. The lowest BCUT2D eigenvalue weighted by Crippen LogP contribution is -1.87. The third-order valence-electron chi connectivity index (χ3n) is 3.63. The molecule has 2 aromatic carbocycles. The second-order valence-corrected chi connectivity index (χ2v) is 6.39. The van der Waals surface area contributed by atoms with Gasteiger partial charge in [0, 0.05) is 22.6 Å². The van der Waals surface area contributed by atoms with Crippen molar-refractivity contribution in [1.29, 1.82) is 0 Å². The van der Waals surface area contributed by atoms with Crippen molar-refractivity contribution < 1.29 is 9.34 Å². The van der Waals surface area contributed by atoms with Gasteiger partial charge in [0.1, 0.15) is 0 Å². The molecule has 24 heavy (non-hydrogen) atoms. The van der Waals surface area contributed by atoms with E-state index in [1.807, 2.05) is 0 Å². The maximum Gasteiger partial charge on any atom is 0.269 e. The van der Waals surface area contributed by atoms with Gasteiger partial charge < -0.3 is 4.42 Å². The van der Waals surface area contributed by atoms with Gasteiger partial charge >= 0.3 is 0 Å². The fourth-order valence-electron chi connectivity index (χ4n) is 2.10. The smallest absolute Gasteiger partial charge is 0.269 e. The van der Waals surface area contributed by atoms with Gasteiger partial charge in [-0.25, -0.2) is 0 Å². The van der Waals surface area contributed by atoms with Crippen molar-refractivity contribution >= 4 is 17.4 Å². The highest BCUT2D eigenvalue weighted by Gasteiger charge is 2.11. The quantitative estimate of drug-likeness (QED) is 0.384. The van der Waals surface area contributed by atoms with Gasteiger partial charge in [-0.1, -0.05) is 6.07 Å². The lowest BCUT2D eigenvalue weighted by Gasteiger charge is -2.03. The lowest BCUT2D eigenvalue weighted by atomic mass is 10.1. The van der Waals surface area contributed by atoms with Crippen LogP contribution in [0.1, 0.15) is 17.0 Å². The summed E-state index contributed by atoms with van der Waals surface area (Å²) in [5.41, 5.74) is 3.20. The molecule has 3 rings (SSSR count). The predicted molar refractivity (Wildman–Crippen MR) is 91.9 cm³/mol. The van der Waals surface area contributed by atoms with E-state index < -0.39 is 4.92 Å². The van der Waals surface area contributed by atoms with Crippen LogP contribution in [-0.2, 0) is 5.75 Å². The molecular weight excluding hydrogens is 326 g/mol. The average molecular weight is 341 g/mol. The van der Waals surface area contributed by atoms with Gasteiger partial charge in [-0.3, -0.25) is 10.1 Å². The molecular formula is C17H15N3O3S. The van der Waals surface area contributed by atoms with E-state index in [0.717, 1.165) is 4.90 Å². The molecule has 0 spiro atoms. The first kappa shape index (κ1) is 16.2. The molecule has 0 aliphatic rings. The Morgan fingerprint density at radius 1 is 1.08 bits per heavy atom. The van der Waals surface area contributed by atoms with Crippen molar-refractivity contribution in [2.75, 3.05) is 0 Å². The summed E-state index contributed by atoms with van der Waals surface area (Å²) in [6, 6.07) is 12.3. The SMILES string of the molecule is Cc1ccc(SCc2nnc(-c3ccc([N+](=O)[O-])cc3)o2)cc1C. The average Bonchev–Trinajstić information content (AvgIpc) is 3.05. The van der Waals surface area contributed by atoms with Gasteiger partial charge in [0.05, 0.1) is 10.7 Å². The number of thioether (sulfide) groups is 1. The molecule has 3 aromatic rings. The van der Waals surface area contributed by atoms with E-state index in [0.29, 0.717) is 23.1 Å². The van der Waals surface area contributed by atoms with Crippen molar-refractivity contribution in [3.63, 3.8) is 0 Å². The fourth-order valence-corrected chi connectivity index (χ4v) is 2.93. The molecule has 0 unspecified atom stereocenters. The van der Waals surface area contributed by atoms with E-state index in [4.69, 9.17) is 4.42 Å². The lowest BCUT2D eigenvalue weighted by molar-refractivity contribution is -0.384. The van der Waals surface area contributed by atoms with Crippen molar-refractivity contribution in [1.82, 2.24) is 10.2 Å². The van der Waals surface area contributed by atoms with E-state index in [1.165, 1.54) is 23.3 Å². The zero-order valence-electron chi connectivity index (χ0n) is 13.2. The molecule has 1 heterocycles. The minimum Gasteiger partial charge on any atom is -0.420 e. The van der Waals surface area contributed by atoms with E-state index in [9.17, 15) is 10.1 Å². The third-order valence-corrected chi connectivity index (χ3v) is 4.61. The van der Waals surface area contributed by atoms with Crippen LogP contribution in [0, 0.1) is 24.0 Å². The highest BCUT2D eigenvalue weighted by atomic mass is 32.2. The zero-order valence-corrected chi connectivity index (χ0v) is 14.0. The number of benzene rings is 2. The first-order valence-electron chi connectivity index (χ1n) is 7.30. The Hall–Kier alpha value is -2.67. The van der Waals surface area contributed by atoms with Crippen molar-refractivity contribution in [2.45, 2.75) is 24.5 Å². The van der Waals surface area contributed by atoms with E-state index >= 15 is 0 Å². The Kier molecular flexibility index (Phi) is 4.61. The molecule has 0 fully saturated rings. The summed E-state index contributed by atoms with van der Waals surface area (Å²) in [4.78, 5) is 11.4. The predicted octanol–water partition coefficient (Wildman–Crippen LogP) is 4.55. The van der Waals surface area contributed by atoms with Crippen LogP contribution in [0.25, 0.3) is 11.5 Å². The Balaban J connectivity index is 1.68. The monoisotopic (exact) mass is 341 g/mol. The van der Waals surface area contributed by atoms with Crippen LogP contribution in [0.15, 0.2) is 51.8 Å². The number of non-ortho nitro benzene ring substituents is 1. The zero-order chi connectivity index (χ0) is 17.1. The van der Waals surface area contributed by atoms with Crippen LogP contribution in [-0.4, -0.2) is 15.1 Å². The van der Waals surface area contributed by atoms with Crippen LogP contribution < -0.4 is 0 Å². The number of nitrogens with zero attached hydrogens (tertiary/aromatic N) is 3. The molecule has 0 bridgehead atoms. The summed E-state index contributed by atoms with van der Waals surface area (Å²) in [7, 11) is 0. The molecule has 0 radical (unpaired) electrons. The highest BCUT2D eigenvalue weighted by Crippen LogP contribution is 2.26. The van der Waals surface area contributed by atoms with Crippen LogP contribution in [0.5, 0.6) is 0 Å². The van der Waals surface area contributed by atoms with Crippen molar-refractivity contribution in [3.05, 3.63) is 69.6 Å². The normalized spacial score (nSPS) is 10.8. The summed E-state index contributed by atoms with van der Waals surface area (Å²) < 4.78 is 5.63. The number of hydrogen-bond donors (Lipinski definition) is 0. The highest BCUT2D eigenvalue weighted by molar-refractivity contribution is 7.98. The number of aryl methyl sites for hydroxylation is 2. The number of hydrogen-bond acceptors (Lipinski definition) is 6. The maximum absolute atomic E-state index is 10.7. The van der Waals surface area contributed by atoms with Gasteiger partial charge in [0.25, 0.3) is 5.69 Å². The van der Waals surface area contributed by atoms with Gasteiger partial charge in [0.2, 0.25) is 11.8 Å². The third kappa shape index (κ3) is 3.62. The first-order valence-corrected chi connectivity index (χ1v) is 8.29. The van der Waals surface area contributed by atoms with E-state index in [2.05, 4.69) is 42.2 Å². The summed E-state index contributed by atoms with van der Waals surface area (Å²) in [5.74, 6) is 1.45. The van der Waals surface area contributed by atoms with Crippen LogP contribution >= 0.6 is 11.8 Å². The topological polar surface area (TPSA) is 82.1 Å². The fraction of sp³-hybridized carbons (Fsp3) is 0.176. The second kappa shape index (κ2) is 6.84. The molecule has 0 aliphatic heterocycles. The van der Waals surface area contributed by atoms with Gasteiger partial charge in [-0.15, -0.1) is 22.0 Å². The Morgan fingerprint density at radius 3 is 2.50 bits per heavy atom. The molecule has 0 N–H and O–H groups in total. The summed E-state index contributed by atoms with van der Waals surface area (Å²) in [6.07, 6.45) is 0. The summed E-state index contributed by atoms with van der Waals surface area (Å²) >= 11 is 1.63. The molecule has 7 heteroatoms. The molecule has 122 valence electrons. The summed E-state index contributed by atoms with van der Waals surface area (Å²) in [6.45, 7) is 4.16. The molecule has 0 atom stereocenters. The minimum absolute atomic E-state index is 0.0313. The van der Waals surface area contributed by atoms with Gasteiger partial charge in [-0.2, -0.15) is 0 Å². The minimum atomic E-state index is -0.441. The Labute approximate surface area is 143 Å². The number of rotatable bonds is 5. The van der Waals surface area contributed by atoms with Crippen LogP contribution in [0.3, 0.4) is 0 Å². The first-order chi connectivity index (χ1) is 11.5. The van der Waals surface area contributed by atoms with Crippen LogP contribution in [0.4, 0.5) is 5.69 Å². The number of nitro benzene ring substituents is 1. The standard InChI is InChI=1S/C17H15N3O3S/c1-11-3-8-15(9-12(11)2)24-10-16-18-19-17(23-16)13-4-6-14(7-5-13)20(21)22/h3-9H,10H2,1-2H3. The van der Waals surface area contributed by atoms with Gasteiger partial charge in [-0.05, 0) is 49.2 Å². The Morgan fingerprint density at radius 2 is 1.83 bits per heavy atom. The van der Waals surface area contributed by atoms with Crippen molar-refractivity contribution in [2.24, 2.45) is 0 Å². The number of nitro groups is 1.